The fraction of sp³-hybridized carbons (Fsp3) is 0.800. The van der Waals surface area contributed by atoms with Crippen molar-refractivity contribution in [2.75, 3.05) is 0 Å². The summed E-state index contributed by atoms with van der Waals surface area (Å²) in [5.74, 6) is -1.12. The molecule has 3 heteroatoms. The molecule has 0 aromatic carbocycles. The van der Waals surface area contributed by atoms with Gasteiger partial charge in [0.1, 0.15) is 11.2 Å². The number of carboxylic acids is 1. The Bertz CT molecular complexity index is 232. The predicted molar refractivity (Wildman–Crippen MR) is 48.4 cm³/mol. The molecular weight excluding hydrogens is 168 g/mol. The van der Waals surface area contributed by atoms with Crippen LogP contribution in [0.5, 0.6) is 0 Å². The number of hydrogen-bond acceptors (Lipinski definition) is 2. The zero-order chi connectivity index (χ0) is 10.1. The Morgan fingerprint density at radius 1 is 1.46 bits per heavy atom. The van der Waals surface area contributed by atoms with E-state index in [1.165, 1.54) is 0 Å². The third-order valence-corrected chi connectivity index (χ3v) is 3.09. The van der Waals surface area contributed by atoms with Crippen LogP contribution in [-0.2, 0) is 9.59 Å². The summed E-state index contributed by atoms with van der Waals surface area (Å²) in [4.78, 5) is 22.7. The van der Waals surface area contributed by atoms with Crippen LogP contribution in [-0.4, -0.2) is 16.9 Å². The Morgan fingerprint density at radius 2 is 2.08 bits per heavy atom. The van der Waals surface area contributed by atoms with E-state index in [4.69, 9.17) is 5.11 Å². The molecule has 1 saturated carbocycles. The van der Waals surface area contributed by atoms with E-state index in [0.717, 1.165) is 12.8 Å². The Balaban J connectivity index is 3.00. The van der Waals surface area contributed by atoms with Gasteiger partial charge in [0.05, 0.1) is 0 Å². The summed E-state index contributed by atoms with van der Waals surface area (Å²) in [6, 6.07) is 0. The summed E-state index contributed by atoms with van der Waals surface area (Å²) >= 11 is 0. The van der Waals surface area contributed by atoms with E-state index in [0.29, 0.717) is 12.8 Å². The first kappa shape index (κ1) is 10.2. The van der Waals surface area contributed by atoms with Gasteiger partial charge in [0.15, 0.2) is 0 Å². The summed E-state index contributed by atoms with van der Waals surface area (Å²) < 4.78 is 0. The van der Waals surface area contributed by atoms with Crippen LogP contribution in [0, 0.1) is 11.3 Å². The highest BCUT2D eigenvalue weighted by molar-refractivity contribution is 6.03. The van der Waals surface area contributed by atoms with Crippen LogP contribution in [0.3, 0.4) is 0 Å². The van der Waals surface area contributed by atoms with Gasteiger partial charge >= 0.3 is 5.97 Å². The quantitative estimate of drug-likeness (QED) is 0.666. The molecule has 1 rings (SSSR count). The van der Waals surface area contributed by atoms with Crippen molar-refractivity contribution in [3.8, 4) is 0 Å². The van der Waals surface area contributed by atoms with Crippen LogP contribution in [0.4, 0.5) is 0 Å². The minimum atomic E-state index is -1.09. The lowest BCUT2D eigenvalue weighted by Gasteiger charge is -2.34. The van der Waals surface area contributed by atoms with Gasteiger partial charge in [-0.05, 0) is 18.8 Å². The van der Waals surface area contributed by atoms with Gasteiger partial charge in [-0.1, -0.05) is 20.3 Å². The Morgan fingerprint density at radius 3 is 2.38 bits per heavy atom. The number of rotatable bonds is 2. The predicted octanol–water partition coefficient (Wildman–Crippen LogP) is 1.86. The van der Waals surface area contributed by atoms with Crippen molar-refractivity contribution in [3.63, 3.8) is 0 Å². The van der Waals surface area contributed by atoms with E-state index >= 15 is 0 Å². The molecule has 0 aromatic rings. The molecule has 1 unspecified atom stereocenters. The van der Waals surface area contributed by atoms with Crippen molar-refractivity contribution in [2.24, 2.45) is 11.3 Å². The topological polar surface area (TPSA) is 54.4 Å². The highest BCUT2D eigenvalue weighted by Gasteiger charge is 2.49. The van der Waals surface area contributed by atoms with E-state index in [2.05, 4.69) is 0 Å². The van der Waals surface area contributed by atoms with Crippen LogP contribution in [0.1, 0.15) is 39.5 Å². The highest BCUT2D eigenvalue weighted by atomic mass is 16.4. The van der Waals surface area contributed by atoms with Crippen molar-refractivity contribution < 1.29 is 14.7 Å². The third kappa shape index (κ3) is 1.47. The van der Waals surface area contributed by atoms with Gasteiger partial charge in [-0.15, -0.1) is 0 Å². The fourth-order valence-electron chi connectivity index (χ4n) is 2.14. The zero-order valence-electron chi connectivity index (χ0n) is 8.17. The van der Waals surface area contributed by atoms with Gasteiger partial charge in [0.25, 0.3) is 0 Å². The standard InChI is InChI=1S/C10H16O3/c1-7(2)10(9(12)13)6-4-3-5-8(10)11/h7H,3-6H2,1-2H3,(H,12,13). The zero-order valence-corrected chi connectivity index (χ0v) is 8.17. The smallest absolute Gasteiger partial charge is 0.317 e. The van der Waals surface area contributed by atoms with E-state index < -0.39 is 11.4 Å². The van der Waals surface area contributed by atoms with Crippen molar-refractivity contribution in [1.29, 1.82) is 0 Å². The highest BCUT2D eigenvalue weighted by Crippen LogP contribution is 2.39. The number of ketones is 1. The number of hydrogen-bond donors (Lipinski definition) is 1. The summed E-state index contributed by atoms with van der Waals surface area (Å²) in [5.41, 5.74) is -1.09. The largest absolute Gasteiger partial charge is 0.480 e. The number of aliphatic carboxylic acids is 1. The lowest BCUT2D eigenvalue weighted by atomic mass is 9.66. The van der Waals surface area contributed by atoms with Crippen LogP contribution in [0.25, 0.3) is 0 Å². The number of carbonyl (C=O) groups excluding carboxylic acids is 1. The van der Waals surface area contributed by atoms with E-state index in [9.17, 15) is 9.59 Å². The Hall–Kier alpha value is -0.860. The van der Waals surface area contributed by atoms with Crippen molar-refractivity contribution in [1.82, 2.24) is 0 Å². The fourth-order valence-corrected chi connectivity index (χ4v) is 2.14. The molecule has 0 bridgehead atoms. The van der Waals surface area contributed by atoms with Crippen LogP contribution < -0.4 is 0 Å². The summed E-state index contributed by atoms with van der Waals surface area (Å²) in [6.07, 6.45) is 2.65. The summed E-state index contributed by atoms with van der Waals surface area (Å²) in [7, 11) is 0. The lowest BCUT2D eigenvalue weighted by molar-refractivity contribution is -0.160. The van der Waals surface area contributed by atoms with Crippen LogP contribution >= 0.6 is 0 Å². The van der Waals surface area contributed by atoms with E-state index in [1.807, 2.05) is 13.8 Å². The first-order chi connectivity index (χ1) is 6.01. The summed E-state index contributed by atoms with van der Waals surface area (Å²) in [5, 5.41) is 9.11. The van der Waals surface area contributed by atoms with E-state index in [1.54, 1.807) is 0 Å². The molecule has 1 N–H and O–H groups in total. The minimum absolute atomic E-state index is 0.0822. The maximum absolute atomic E-state index is 11.6. The number of carbonyl (C=O) groups is 2. The molecule has 3 nitrogen and oxygen atoms in total. The maximum atomic E-state index is 11.6. The van der Waals surface area contributed by atoms with Crippen molar-refractivity contribution in [2.45, 2.75) is 39.5 Å². The van der Waals surface area contributed by atoms with Crippen molar-refractivity contribution in [3.05, 3.63) is 0 Å². The average Bonchev–Trinajstić information content (AvgIpc) is 2.04. The second-order valence-corrected chi connectivity index (χ2v) is 4.06. The first-order valence-corrected chi connectivity index (χ1v) is 4.78. The second kappa shape index (κ2) is 3.48. The molecule has 1 fully saturated rings. The van der Waals surface area contributed by atoms with Gasteiger partial charge in [0.2, 0.25) is 0 Å². The van der Waals surface area contributed by atoms with E-state index in [-0.39, 0.29) is 11.7 Å². The second-order valence-electron chi connectivity index (χ2n) is 4.06. The molecular formula is C10H16O3. The molecule has 1 atom stereocenters. The molecule has 0 aliphatic heterocycles. The SMILES string of the molecule is CC(C)C1(C(=O)O)CCCCC1=O. The molecule has 13 heavy (non-hydrogen) atoms. The van der Waals surface area contributed by atoms with Gasteiger partial charge in [-0.3, -0.25) is 9.59 Å². The average molecular weight is 184 g/mol. The molecule has 1 aliphatic rings. The maximum Gasteiger partial charge on any atom is 0.317 e. The Kier molecular flexibility index (Phi) is 2.74. The number of carboxylic acid groups (broad SMARTS) is 1. The first-order valence-electron chi connectivity index (χ1n) is 4.78. The van der Waals surface area contributed by atoms with Crippen LogP contribution in [0.2, 0.25) is 0 Å². The third-order valence-electron chi connectivity index (χ3n) is 3.09. The molecule has 0 saturated heterocycles. The van der Waals surface area contributed by atoms with Gasteiger partial charge in [0, 0.05) is 6.42 Å². The van der Waals surface area contributed by atoms with Gasteiger partial charge < -0.3 is 5.11 Å². The molecule has 0 amide bonds. The molecule has 74 valence electrons. The molecule has 0 spiro atoms. The van der Waals surface area contributed by atoms with Crippen molar-refractivity contribution >= 4 is 11.8 Å². The van der Waals surface area contributed by atoms with Gasteiger partial charge in [-0.25, -0.2) is 0 Å². The lowest BCUT2D eigenvalue weighted by Crippen LogP contribution is -2.45. The molecule has 0 heterocycles. The minimum Gasteiger partial charge on any atom is -0.480 e. The summed E-state index contributed by atoms with van der Waals surface area (Å²) in [6.45, 7) is 3.63. The molecule has 0 aromatic heterocycles. The van der Waals surface area contributed by atoms with Gasteiger partial charge in [-0.2, -0.15) is 0 Å². The number of Topliss-reactive ketones (excluding diaryl/α,β-unsaturated/α-hetero) is 1. The molecule has 1 aliphatic carbocycles. The Labute approximate surface area is 78.1 Å². The monoisotopic (exact) mass is 184 g/mol. The normalized spacial score (nSPS) is 29.3. The molecule has 0 radical (unpaired) electrons. The van der Waals surface area contributed by atoms with Crippen LogP contribution in [0.15, 0.2) is 0 Å².